The van der Waals surface area contributed by atoms with Gasteiger partial charge in [0.25, 0.3) is 5.91 Å². The number of fused-ring (bicyclic) bond motifs is 1. The Morgan fingerprint density at radius 1 is 1.23 bits per heavy atom. The summed E-state index contributed by atoms with van der Waals surface area (Å²) >= 11 is 0. The summed E-state index contributed by atoms with van der Waals surface area (Å²) in [4.78, 5) is 25.1. The first-order valence-corrected chi connectivity index (χ1v) is 10.5. The summed E-state index contributed by atoms with van der Waals surface area (Å²) in [5.41, 5.74) is 2.82. The van der Waals surface area contributed by atoms with E-state index in [-0.39, 0.29) is 17.5 Å². The van der Waals surface area contributed by atoms with Crippen LogP contribution in [-0.4, -0.2) is 24.6 Å². The van der Waals surface area contributed by atoms with Crippen molar-refractivity contribution in [2.75, 3.05) is 6.61 Å². The largest absolute Gasteiger partial charge is 0.494 e. The Morgan fingerprint density at radius 2 is 1.97 bits per heavy atom. The fourth-order valence-corrected chi connectivity index (χ4v) is 3.60. The normalized spacial score (nSPS) is 16.4. The smallest absolute Gasteiger partial charge is 0.349 e. The van der Waals surface area contributed by atoms with E-state index < -0.39 is 12.1 Å². The number of benzene rings is 2. The highest BCUT2D eigenvalue weighted by Crippen LogP contribution is 2.29. The van der Waals surface area contributed by atoms with Crippen molar-refractivity contribution >= 4 is 18.0 Å². The molecule has 0 aliphatic heterocycles. The van der Waals surface area contributed by atoms with Gasteiger partial charge in [0.05, 0.1) is 12.6 Å². The molecule has 0 spiro atoms. The lowest BCUT2D eigenvalue weighted by Gasteiger charge is -2.27. The maximum Gasteiger partial charge on any atom is 0.349 e. The van der Waals surface area contributed by atoms with Gasteiger partial charge in [0.2, 0.25) is 0 Å². The molecule has 160 valence electrons. The van der Waals surface area contributed by atoms with Crippen molar-refractivity contribution in [2.24, 2.45) is 0 Å². The Labute approximate surface area is 182 Å². The Morgan fingerprint density at radius 3 is 2.68 bits per heavy atom. The van der Waals surface area contributed by atoms with Crippen molar-refractivity contribution in [2.45, 2.75) is 45.3 Å². The monoisotopic (exact) mass is 418 g/mol. The van der Waals surface area contributed by atoms with Gasteiger partial charge in [-0.05, 0) is 68.0 Å². The number of nitriles is 1. The highest BCUT2D eigenvalue weighted by atomic mass is 16.5. The molecular weight excluding hydrogens is 392 g/mol. The van der Waals surface area contributed by atoms with Gasteiger partial charge in [0, 0.05) is 0 Å². The van der Waals surface area contributed by atoms with Crippen LogP contribution in [0.1, 0.15) is 49.4 Å². The Balaban J connectivity index is 1.62. The Kier molecular flexibility index (Phi) is 7.45. The SMILES string of the molecule is CCOc1ccc(/C=C(\C#N)C(=O)O[C@@H](C)C(=O)N[C@@H]2CCCc3ccccc32)cc1. The molecule has 1 aliphatic rings. The molecule has 2 aromatic rings. The van der Waals surface area contributed by atoms with Gasteiger partial charge in [-0.2, -0.15) is 5.26 Å². The lowest BCUT2D eigenvalue weighted by atomic mass is 9.87. The second kappa shape index (κ2) is 10.4. The summed E-state index contributed by atoms with van der Waals surface area (Å²) < 4.78 is 10.6. The van der Waals surface area contributed by atoms with Crippen LogP contribution in [0.3, 0.4) is 0 Å². The number of hydrogen-bond donors (Lipinski definition) is 1. The number of carbonyl (C=O) groups is 2. The molecule has 1 aliphatic carbocycles. The summed E-state index contributed by atoms with van der Waals surface area (Å²) in [5, 5.41) is 12.3. The van der Waals surface area contributed by atoms with E-state index in [1.807, 2.05) is 31.2 Å². The first-order valence-electron chi connectivity index (χ1n) is 10.5. The zero-order chi connectivity index (χ0) is 22.2. The zero-order valence-corrected chi connectivity index (χ0v) is 17.8. The molecule has 6 heteroatoms. The van der Waals surface area contributed by atoms with Crippen LogP contribution in [-0.2, 0) is 20.7 Å². The number of ether oxygens (including phenoxy) is 2. The Bertz CT molecular complexity index is 1000. The molecular formula is C25H26N2O4. The predicted molar refractivity (Wildman–Crippen MR) is 117 cm³/mol. The molecule has 2 atom stereocenters. The summed E-state index contributed by atoms with van der Waals surface area (Å²) in [7, 11) is 0. The molecule has 0 unspecified atom stereocenters. The minimum absolute atomic E-state index is 0.103. The van der Waals surface area contributed by atoms with Gasteiger partial charge >= 0.3 is 5.97 Å². The molecule has 0 aromatic heterocycles. The summed E-state index contributed by atoms with van der Waals surface area (Å²) in [6.07, 6.45) is 3.23. The molecule has 2 aromatic carbocycles. The third-order valence-electron chi connectivity index (χ3n) is 5.18. The number of rotatable bonds is 7. The lowest BCUT2D eigenvalue weighted by molar-refractivity contribution is -0.151. The van der Waals surface area contributed by atoms with E-state index in [0.29, 0.717) is 17.9 Å². The zero-order valence-electron chi connectivity index (χ0n) is 17.8. The molecule has 0 radical (unpaired) electrons. The van der Waals surface area contributed by atoms with Crippen LogP contribution in [0.25, 0.3) is 6.08 Å². The molecule has 31 heavy (non-hydrogen) atoms. The third kappa shape index (κ3) is 5.73. The average molecular weight is 418 g/mol. The summed E-state index contributed by atoms with van der Waals surface area (Å²) in [6, 6.07) is 16.8. The van der Waals surface area contributed by atoms with Gasteiger partial charge in [-0.1, -0.05) is 36.4 Å². The standard InChI is InChI=1S/C25H26N2O4/c1-3-30-21-13-11-18(12-14-21)15-20(16-26)25(29)31-17(2)24(28)27-23-10-6-8-19-7-4-5-9-22(19)23/h4-5,7,9,11-15,17,23H,3,6,8,10H2,1-2H3,(H,27,28)/b20-15+/t17-,23+/m0/s1. The van der Waals surface area contributed by atoms with Crippen molar-refractivity contribution in [3.05, 3.63) is 70.8 Å². The number of carbonyl (C=O) groups excluding carboxylic acids is 2. The lowest BCUT2D eigenvalue weighted by Crippen LogP contribution is -2.39. The quantitative estimate of drug-likeness (QED) is 0.415. The molecule has 1 N–H and O–H groups in total. The van der Waals surface area contributed by atoms with Gasteiger partial charge in [0.1, 0.15) is 17.4 Å². The number of nitrogens with one attached hydrogen (secondary N) is 1. The summed E-state index contributed by atoms with van der Waals surface area (Å²) in [5.74, 6) is -0.508. The first-order chi connectivity index (χ1) is 15.0. The van der Waals surface area contributed by atoms with Crippen LogP contribution in [0, 0.1) is 11.3 Å². The number of nitrogens with zero attached hydrogens (tertiary/aromatic N) is 1. The molecule has 3 rings (SSSR count). The predicted octanol–water partition coefficient (Wildman–Crippen LogP) is 4.12. The molecule has 1 amide bonds. The number of esters is 1. The maximum absolute atomic E-state index is 12.6. The van der Waals surface area contributed by atoms with E-state index >= 15 is 0 Å². The highest BCUT2D eigenvalue weighted by Gasteiger charge is 2.26. The Hall–Kier alpha value is -3.59. The van der Waals surface area contributed by atoms with Crippen LogP contribution >= 0.6 is 0 Å². The first kappa shape index (κ1) is 22.1. The minimum Gasteiger partial charge on any atom is -0.494 e. The van der Waals surface area contributed by atoms with Crippen LogP contribution < -0.4 is 10.1 Å². The van der Waals surface area contributed by atoms with E-state index in [2.05, 4.69) is 11.4 Å². The maximum atomic E-state index is 12.6. The second-order valence-corrected chi connectivity index (χ2v) is 7.37. The molecule has 0 heterocycles. The van der Waals surface area contributed by atoms with Crippen molar-refractivity contribution in [1.29, 1.82) is 5.26 Å². The summed E-state index contributed by atoms with van der Waals surface area (Å²) in [6.45, 7) is 3.95. The molecule has 6 nitrogen and oxygen atoms in total. The average Bonchev–Trinajstić information content (AvgIpc) is 2.78. The van der Waals surface area contributed by atoms with Crippen LogP contribution in [0.15, 0.2) is 54.1 Å². The van der Waals surface area contributed by atoms with E-state index in [1.54, 1.807) is 24.3 Å². The second-order valence-electron chi connectivity index (χ2n) is 7.37. The van der Waals surface area contributed by atoms with Crippen LogP contribution in [0.5, 0.6) is 5.75 Å². The van der Waals surface area contributed by atoms with E-state index in [9.17, 15) is 14.9 Å². The molecule has 0 saturated heterocycles. The van der Waals surface area contributed by atoms with Gasteiger partial charge in [-0.25, -0.2) is 4.79 Å². The topological polar surface area (TPSA) is 88.4 Å². The fraction of sp³-hybridized carbons (Fsp3) is 0.320. The molecule has 0 fully saturated rings. The van der Waals surface area contributed by atoms with Crippen molar-refractivity contribution in [3.63, 3.8) is 0 Å². The molecule has 0 saturated carbocycles. The molecule has 0 bridgehead atoms. The minimum atomic E-state index is -1.02. The number of aryl methyl sites for hydroxylation is 1. The van der Waals surface area contributed by atoms with Gasteiger partial charge in [-0.3, -0.25) is 4.79 Å². The van der Waals surface area contributed by atoms with Gasteiger partial charge in [0.15, 0.2) is 6.10 Å². The van der Waals surface area contributed by atoms with Crippen LogP contribution in [0.4, 0.5) is 0 Å². The van der Waals surface area contributed by atoms with E-state index in [4.69, 9.17) is 9.47 Å². The van der Waals surface area contributed by atoms with E-state index in [1.165, 1.54) is 18.6 Å². The highest BCUT2D eigenvalue weighted by molar-refractivity contribution is 5.99. The number of hydrogen-bond acceptors (Lipinski definition) is 5. The van der Waals surface area contributed by atoms with Crippen molar-refractivity contribution < 1.29 is 19.1 Å². The van der Waals surface area contributed by atoms with Gasteiger partial charge in [-0.15, -0.1) is 0 Å². The van der Waals surface area contributed by atoms with Gasteiger partial charge < -0.3 is 14.8 Å². The third-order valence-corrected chi connectivity index (χ3v) is 5.18. The van der Waals surface area contributed by atoms with Crippen molar-refractivity contribution in [3.8, 4) is 11.8 Å². The fourth-order valence-electron chi connectivity index (χ4n) is 3.60. The number of amides is 1. The van der Waals surface area contributed by atoms with Crippen LogP contribution in [0.2, 0.25) is 0 Å². The van der Waals surface area contributed by atoms with E-state index in [0.717, 1.165) is 24.8 Å². The van der Waals surface area contributed by atoms with Crippen molar-refractivity contribution in [1.82, 2.24) is 5.32 Å².